The van der Waals surface area contributed by atoms with E-state index in [0.29, 0.717) is 30.0 Å². The highest BCUT2D eigenvalue weighted by Crippen LogP contribution is 2.31. The number of alkyl halides is 1. The fraction of sp³-hybridized carbons (Fsp3) is 0.360. The molecule has 0 radical (unpaired) electrons. The van der Waals surface area contributed by atoms with E-state index < -0.39 is 0 Å². The van der Waals surface area contributed by atoms with Gasteiger partial charge in [0.2, 0.25) is 5.95 Å². The summed E-state index contributed by atoms with van der Waals surface area (Å²) in [4.78, 5) is 8.93. The van der Waals surface area contributed by atoms with Gasteiger partial charge in [-0.25, -0.2) is 9.67 Å². The lowest BCUT2D eigenvalue weighted by Gasteiger charge is -2.15. The zero-order chi connectivity index (χ0) is 24.6. The topological polar surface area (TPSA) is 103 Å². The first kappa shape index (κ1) is 24.5. The number of rotatable bonds is 12. The van der Waals surface area contributed by atoms with Crippen LogP contribution in [0.15, 0.2) is 48.8 Å². The quantitative estimate of drug-likeness (QED) is 0.201. The molecule has 0 aliphatic carbocycles. The third kappa shape index (κ3) is 6.10. The van der Waals surface area contributed by atoms with Crippen molar-refractivity contribution in [3.05, 3.63) is 66.0 Å². The normalized spacial score (nSPS) is 11.9. The maximum absolute atomic E-state index is 5.92. The Hall–Kier alpha value is -3.59. The van der Waals surface area contributed by atoms with Crippen LogP contribution in [0.2, 0.25) is 0 Å². The molecule has 0 spiro atoms. The van der Waals surface area contributed by atoms with Crippen molar-refractivity contribution in [3.63, 3.8) is 0 Å². The number of halogens is 1. The van der Waals surface area contributed by atoms with Gasteiger partial charge in [0.05, 0.1) is 13.7 Å². The van der Waals surface area contributed by atoms with Crippen LogP contribution in [0.4, 0.5) is 11.6 Å². The number of hydrogen-bond acceptors (Lipinski definition) is 7. The highest BCUT2D eigenvalue weighted by molar-refractivity contribution is 6.17. The number of anilines is 2. The number of ether oxygens (including phenoxy) is 2. The number of methoxy groups -OCH3 is 1. The summed E-state index contributed by atoms with van der Waals surface area (Å²) in [6.45, 7) is 4.46. The van der Waals surface area contributed by atoms with Crippen LogP contribution in [0, 0.1) is 6.92 Å². The summed E-state index contributed by atoms with van der Waals surface area (Å²) in [5.74, 6) is 4.20. The minimum Gasteiger partial charge on any atom is -0.494 e. The zero-order valence-corrected chi connectivity index (χ0v) is 20.9. The van der Waals surface area contributed by atoms with Crippen molar-refractivity contribution in [1.29, 1.82) is 0 Å². The summed E-state index contributed by atoms with van der Waals surface area (Å²) >= 11 is 5.92. The zero-order valence-electron chi connectivity index (χ0n) is 20.2. The van der Waals surface area contributed by atoms with Gasteiger partial charge in [-0.15, -0.1) is 16.7 Å². The van der Waals surface area contributed by atoms with Crippen LogP contribution in [0.1, 0.15) is 49.3 Å². The van der Waals surface area contributed by atoms with Gasteiger partial charge in [-0.3, -0.25) is 5.10 Å². The molecule has 2 N–H and O–H groups in total. The lowest BCUT2D eigenvalue weighted by atomic mass is 9.93. The second kappa shape index (κ2) is 11.7. The maximum Gasteiger partial charge on any atom is 0.246 e. The molecule has 35 heavy (non-hydrogen) atoms. The molecule has 10 heteroatoms. The van der Waals surface area contributed by atoms with Gasteiger partial charge < -0.3 is 14.8 Å². The van der Waals surface area contributed by atoms with E-state index in [-0.39, 0.29) is 5.92 Å². The molecule has 4 rings (SSSR count). The highest BCUT2D eigenvalue weighted by Gasteiger charge is 2.19. The Kier molecular flexibility index (Phi) is 8.20. The van der Waals surface area contributed by atoms with Gasteiger partial charge >= 0.3 is 0 Å². The van der Waals surface area contributed by atoms with Crippen LogP contribution in [0.3, 0.4) is 0 Å². The smallest absolute Gasteiger partial charge is 0.246 e. The summed E-state index contributed by atoms with van der Waals surface area (Å²) < 4.78 is 12.8. The van der Waals surface area contributed by atoms with Crippen molar-refractivity contribution in [3.8, 4) is 17.2 Å². The molecule has 2 aromatic heterocycles. The molecule has 4 aromatic rings. The predicted octanol–water partition coefficient (Wildman–Crippen LogP) is 5.39. The van der Waals surface area contributed by atoms with Crippen molar-refractivity contribution in [1.82, 2.24) is 29.9 Å². The molecular formula is C25H30ClN7O2. The maximum atomic E-state index is 5.92. The Balaban J connectivity index is 1.53. The van der Waals surface area contributed by atoms with E-state index in [9.17, 15) is 0 Å². The first-order valence-electron chi connectivity index (χ1n) is 11.7. The van der Waals surface area contributed by atoms with Crippen LogP contribution in [-0.4, -0.2) is 49.5 Å². The molecule has 0 saturated heterocycles. The first-order valence-corrected chi connectivity index (χ1v) is 12.2. The summed E-state index contributed by atoms with van der Waals surface area (Å²) in [5.41, 5.74) is 2.75. The lowest BCUT2D eigenvalue weighted by Crippen LogP contribution is -2.05. The number of benzene rings is 2. The summed E-state index contributed by atoms with van der Waals surface area (Å²) in [5, 5.41) is 15.1. The van der Waals surface area contributed by atoms with Crippen molar-refractivity contribution < 1.29 is 9.47 Å². The van der Waals surface area contributed by atoms with E-state index in [1.54, 1.807) is 18.1 Å². The fourth-order valence-corrected chi connectivity index (χ4v) is 4.08. The highest BCUT2D eigenvalue weighted by atomic mass is 35.5. The van der Waals surface area contributed by atoms with Crippen molar-refractivity contribution in [2.45, 2.75) is 39.0 Å². The standard InChI is InChI=1S/C25H30ClN7O2/c1-4-35-20-11-8-18(9-12-20)21(7-5-6-14-26)24-29-25(31-30-24)28-19-10-13-22(23(15-19)34-3)33-16-27-17(2)32-33/h8-13,15-16,21H,4-7,14H2,1-3H3,(H2,28,29,30,31). The van der Waals surface area contributed by atoms with Gasteiger partial charge in [0, 0.05) is 23.6 Å². The second-order valence-corrected chi connectivity index (χ2v) is 8.41. The third-order valence-electron chi connectivity index (χ3n) is 5.59. The molecule has 184 valence electrons. The van der Waals surface area contributed by atoms with E-state index >= 15 is 0 Å². The van der Waals surface area contributed by atoms with Crippen molar-refractivity contribution in [2.75, 3.05) is 24.9 Å². The van der Waals surface area contributed by atoms with Gasteiger partial charge in [-0.05, 0) is 56.5 Å². The van der Waals surface area contributed by atoms with Gasteiger partial charge in [0.1, 0.15) is 35.2 Å². The molecule has 9 nitrogen and oxygen atoms in total. The second-order valence-electron chi connectivity index (χ2n) is 8.03. The number of nitrogens with one attached hydrogen (secondary N) is 2. The van der Waals surface area contributed by atoms with Crippen LogP contribution >= 0.6 is 11.6 Å². The minimum atomic E-state index is 0.0735. The molecule has 0 fully saturated rings. The van der Waals surface area contributed by atoms with Crippen LogP contribution in [0.25, 0.3) is 5.69 Å². The average Bonchev–Trinajstić information content (AvgIpc) is 3.51. The summed E-state index contributed by atoms with van der Waals surface area (Å²) in [7, 11) is 1.62. The number of H-pyrrole nitrogens is 1. The average molecular weight is 496 g/mol. The molecule has 0 aliphatic heterocycles. The molecule has 2 aromatic carbocycles. The third-order valence-corrected chi connectivity index (χ3v) is 5.86. The number of aryl methyl sites for hydroxylation is 1. The Labute approximate surface area is 209 Å². The Bertz CT molecular complexity index is 1220. The van der Waals surface area contributed by atoms with E-state index in [0.717, 1.165) is 47.8 Å². The van der Waals surface area contributed by atoms with E-state index in [2.05, 4.69) is 37.7 Å². The number of unbranched alkanes of at least 4 members (excludes halogenated alkanes) is 1. The SMILES string of the molecule is CCOc1ccc(C(CCCCCl)c2nc(Nc3ccc(-n4cnc(C)n4)c(OC)c3)n[nH]2)cc1. The Morgan fingerprint density at radius 1 is 1.14 bits per heavy atom. The Morgan fingerprint density at radius 3 is 2.66 bits per heavy atom. The van der Waals surface area contributed by atoms with E-state index in [1.165, 1.54) is 0 Å². The molecular weight excluding hydrogens is 466 g/mol. The largest absolute Gasteiger partial charge is 0.494 e. The van der Waals surface area contributed by atoms with Gasteiger partial charge in [-0.1, -0.05) is 18.6 Å². The molecule has 2 heterocycles. The number of nitrogens with zero attached hydrogens (tertiary/aromatic N) is 5. The number of aromatic amines is 1. The lowest BCUT2D eigenvalue weighted by molar-refractivity contribution is 0.340. The van der Waals surface area contributed by atoms with E-state index in [1.807, 2.05) is 44.2 Å². The van der Waals surface area contributed by atoms with Crippen LogP contribution in [0.5, 0.6) is 11.5 Å². The minimum absolute atomic E-state index is 0.0735. The van der Waals surface area contributed by atoms with Crippen molar-refractivity contribution in [2.24, 2.45) is 0 Å². The number of hydrogen-bond donors (Lipinski definition) is 2. The van der Waals surface area contributed by atoms with Gasteiger partial charge in [0.15, 0.2) is 0 Å². The fourth-order valence-electron chi connectivity index (χ4n) is 3.89. The van der Waals surface area contributed by atoms with Gasteiger partial charge in [0.25, 0.3) is 0 Å². The Morgan fingerprint density at radius 2 is 1.97 bits per heavy atom. The number of aromatic nitrogens is 6. The van der Waals surface area contributed by atoms with Crippen LogP contribution in [-0.2, 0) is 0 Å². The molecule has 0 bridgehead atoms. The molecule has 1 unspecified atom stereocenters. The van der Waals surface area contributed by atoms with Gasteiger partial charge in [-0.2, -0.15) is 10.1 Å². The molecule has 0 saturated carbocycles. The summed E-state index contributed by atoms with van der Waals surface area (Å²) in [6.07, 6.45) is 4.51. The molecule has 0 aliphatic rings. The summed E-state index contributed by atoms with van der Waals surface area (Å²) in [6, 6.07) is 13.9. The van der Waals surface area contributed by atoms with Crippen LogP contribution < -0.4 is 14.8 Å². The monoisotopic (exact) mass is 495 g/mol. The first-order chi connectivity index (χ1) is 17.1. The van der Waals surface area contributed by atoms with E-state index in [4.69, 9.17) is 26.1 Å². The predicted molar refractivity (Wildman–Crippen MR) is 136 cm³/mol. The molecule has 0 amide bonds. The molecule has 1 atom stereocenters. The van der Waals surface area contributed by atoms with Crippen molar-refractivity contribution >= 4 is 23.2 Å².